The summed E-state index contributed by atoms with van der Waals surface area (Å²) in [5, 5.41) is 10.3. The zero-order valence-corrected chi connectivity index (χ0v) is 8.06. The summed E-state index contributed by atoms with van der Waals surface area (Å²) >= 11 is 0. The SMILES string of the molecule is C=C(N)NCCCCC.CC#N. The molecule has 0 aromatic heterocycles. The lowest BCUT2D eigenvalue weighted by atomic mass is 10.2. The molecule has 0 aliphatic heterocycles. The van der Waals surface area contributed by atoms with Crippen LogP contribution in [0.5, 0.6) is 0 Å². The Morgan fingerprint density at radius 1 is 1.58 bits per heavy atom. The third-order valence-corrected chi connectivity index (χ3v) is 1.13. The highest BCUT2D eigenvalue weighted by molar-refractivity contribution is 4.81. The maximum atomic E-state index is 7.32. The molecule has 0 unspecified atom stereocenters. The first-order chi connectivity index (χ1) is 5.68. The van der Waals surface area contributed by atoms with Gasteiger partial charge >= 0.3 is 0 Å². The van der Waals surface area contributed by atoms with Crippen molar-refractivity contribution in [3.8, 4) is 6.07 Å². The number of rotatable bonds is 5. The molecule has 0 heterocycles. The average Bonchev–Trinajstić information content (AvgIpc) is 1.99. The molecule has 0 spiro atoms. The van der Waals surface area contributed by atoms with E-state index in [0.29, 0.717) is 5.82 Å². The summed E-state index contributed by atoms with van der Waals surface area (Å²) in [4.78, 5) is 0. The maximum Gasteiger partial charge on any atom is 0.0885 e. The van der Waals surface area contributed by atoms with Gasteiger partial charge in [0, 0.05) is 13.5 Å². The summed E-state index contributed by atoms with van der Waals surface area (Å²) in [6.07, 6.45) is 3.70. The Hall–Kier alpha value is -1.17. The summed E-state index contributed by atoms with van der Waals surface area (Å²) in [7, 11) is 0. The predicted octanol–water partition coefficient (Wildman–Crippen LogP) is 1.73. The van der Waals surface area contributed by atoms with Gasteiger partial charge in [0.2, 0.25) is 0 Å². The molecule has 0 amide bonds. The van der Waals surface area contributed by atoms with Gasteiger partial charge in [-0.15, -0.1) is 0 Å². The van der Waals surface area contributed by atoms with Crippen molar-refractivity contribution in [1.29, 1.82) is 5.26 Å². The van der Waals surface area contributed by atoms with Crippen LogP contribution in [-0.2, 0) is 0 Å². The zero-order chi connectivity index (χ0) is 9.82. The molecule has 0 atom stereocenters. The van der Waals surface area contributed by atoms with Gasteiger partial charge < -0.3 is 11.1 Å². The first-order valence-corrected chi connectivity index (χ1v) is 4.18. The molecule has 3 nitrogen and oxygen atoms in total. The van der Waals surface area contributed by atoms with E-state index in [4.69, 9.17) is 11.0 Å². The van der Waals surface area contributed by atoms with Crippen LogP contribution in [0, 0.1) is 11.3 Å². The number of unbranched alkanes of at least 4 members (excludes halogenated alkanes) is 2. The van der Waals surface area contributed by atoms with Gasteiger partial charge in [-0.25, -0.2) is 0 Å². The molecule has 12 heavy (non-hydrogen) atoms. The highest BCUT2D eigenvalue weighted by Gasteiger charge is 1.84. The van der Waals surface area contributed by atoms with Crippen LogP contribution in [0.2, 0.25) is 0 Å². The Bertz CT molecular complexity index is 135. The van der Waals surface area contributed by atoms with Crippen LogP contribution < -0.4 is 11.1 Å². The van der Waals surface area contributed by atoms with Crippen molar-refractivity contribution >= 4 is 0 Å². The quantitative estimate of drug-likeness (QED) is 0.616. The van der Waals surface area contributed by atoms with E-state index in [-0.39, 0.29) is 0 Å². The normalized spacial score (nSPS) is 7.42. The second-order valence-corrected chi connectivity index (χ2v) is 2.38. The van der Waals surface area contributed by atoms with Crippen LogP contribution in [0.4, 0.5) is 0 Å². The maximum absolute atomic E-state index is 7.32. The van der Waals surface area contributed by atoms with Crippen molar-refractivity contribution in [2.24, 2.45) is 5.73 Å². The molecule has 0 saturated carbocycles. The first-order valence-electron chi connectivity index (χ1n) is 4.18. The van der Waals surface area contributed by atoms with E-state index in [1.165, 1.54) is 26.2 Å². The van der Waals surface area contributed by atoms with Gasteiger partial charge in [-0.2, -0.15) is 5.26 Å². The van der Waals surface area contributed by atoms with E-state index in [9.17, 15) is 0 Å². The molecule has 0 aliphatic carbocycles. The molecule has 3 N–H and O–H groups in total. The molecule has 0 aromatic carbocycles. The lowest BCUT2D eigenvalue weighted by molar-refractivity contribution is 0.665. The molecule has 0 rings (SSSR count). The van der Waals surface area contributed by atoms with E-state index >= 15 is 0 Å². The monoisotopic (exact) mass is 169 g/mol. The third kappa shape index (κ3) is 23.2. The minimum Gasteiger partial charge on any atom is -0.386 e. The van der Waals surface area contributed by atoms with Crippen LogP contribution in [0.15, 0.2) is 12.4 Å². The van der Waals surface area contributed by atoms with E-state index in [2.05, 4.69) is 18.8 Å². The van der Waals surface area contributed by atoms with Gasteiger partial charge in [0.05, 0.1) is 11.9 Å². The van der Waals surface area contributed by atoms with Crippen molar-refractivity contribution in [3.63, 3.8) is 0 Å². The summed E-state index contributed by atoms with van der Waals surface area (Å²) < 4.78 is 0. The van der Waals surface area contributed by atoms with Crippen LogP contribution in [0.3, 0.4) is 0 Å². The first kappa shape index (κ1) is 13.4. The molecule has 0 radical (unpaired) electrons. The zero-order valence-electron chi connectivity index (χ0n) is 8.06. The highest BCUT2D eigenvalue weighted by atomic mass is 15.0. The standard InChI is InChI=1S/C7H16N2.C2H3N/c1-3-4-5-6-9-7(2)8;1-2-3/h9H,2-6,8H2,1H3;1H3. The summed E-state index contributed by atoms with van der Waals surface area (Å²) in [5.74, 6) is 0.575. The smallest absolute Gasteiger partial charge is 0.0885 e. The highest BCUT2D eigenvalue weighted by Crippen LogP contribution is 1.90. The van der Waals surface area contributed by atoms with E-state index < -0.39 is 0 Å². The van der Waals surface area contributed by atoms with Crippen molar-refractivity contribution < 1.29 is 0 Å². The van der Waals surface area contributed by atoms with Gasteiger partial charge in [-0.1, -0.05) is 26.3 Å². The van der Waals surface area contributed by atoms with Crippen LogP contribution in [-0.4, -0.2) is 6.54 Å². The number of nitrogens with one attached hydrogen (secondary N) is 1. The van der Waals surface area contributed by atoms with Crippen molar-refractivity contribution in [2.75, 3.05) is 6.54 Å². The number of nitriles is 1. The number of hydrogen-bond donors (Lipinski definition) is 2. The number of nitrogens with zero attached hydrogens (tertiary/aromatic N) is 1. The molecule has 70 valence electrons. The minimum absolute atomic E-state index is 0.575. The van der Waals surface area contributed by atoms with Crippen LogP contribution >= 0.6 is 0 Å². The van der Waals surface area contributed by atoms with Gasteiger partial charge in [0.25, 0.3) is 0 Å². The fraction of sp³-hybridized carbons (Fsp3) is 0.667. The number of hydrogen-bond acceptors (Lipinski definition) is 3. The molecule has 0 bridgehead atoms. The lowest BCUT2D eigenvalue weighted by Gasteiger charge is -2.02. The Balaban J connectivity index is 0. The predicted molar refractivity (Wildman–Crippen MR) is 52.1 cm³/mol. The largest absolute Gasteiger partial charge is 0.386 e. The number of nitrogens with two attached hydrogens (primary N) is 1. The molecule has 3 heteroatoms. The Morgan fingerprint density at radius 2 is 2.08 bits per heavy atom. The van der Waals surface area contributed by atoms with E-state index in [0.717, 1.165) is 6.54 Å². The second-order valence-electron chi connectivity index (χ2n) is 2.38. The van der Waals surface area contributed by atoms with E-state index in [1.807, 2.05) is 0 Å². The fourth-order valence-corrected chi connectivity index (χ4v) is 0.624. The Kier molecular flexibility index (Phi) is 14.0. The topological polar surface area (TPSA) is 61.8 Å². The lowest BCUT2D eigenvalue weighted by Crippen LogP contribution is -2.19. The molecule has 0 aliphatic rings. The molecule has 0 fully saturated rings. The molecular formula is C9H19N3. The summed E-state index contributed by atoms with van der Waals surface area (Å²) in [6, 6.07) is 1.75. The van der Waals surface area contributed by atoms with Gasteiger partial charge in [0.1, 0.15) is 0 Å². The van der Waals surface area contributed by atoms with Crippen molar-refractivity contribution in [1.82, 2.24) is 5.32 Å². The molecular weight excluding hydrogens is 150 g/mol. The summed E-state index contributed by atoms with van der Waals surface area (Å²) in [6.45, 7) is 8.09. The van der Waals surface area contributed by atoms with Crippen LogP contribution in [0.25, 0.3) is 0 Å². The van der Waals surface area contributed by atoms with Crippen molar-refractivity contribution in [2.45, 2.75) is 33.1 Å². The van der Waals surface area contributed by atoms with Gasteiger partial charge in [-0.3, -0.25) is 0 Å². The Morgan fingerprint density at radius 3 is 2.42 bits per heavy atom. The average molecular weight is 169 g/mol. The van der Waals surface area contributed by atoms with Gasteiger partial charge in [0.15, 0.2) is 0 Å². The van der Waals surface area contributed by atoms with Gasteiger partial charge in [-0.05, 0) is 6.42 Å². The Labute approximate surface area is 75.3 Å². The van der Waals surface area contributed by atoms with Crippen LogP contribution in [0.1, 0.15) is 33.1 Å². The molecule has 0 saturated heterocycles. The molecule has 0 aromatic rings. The minimum atomic E-state index is 0.575. The second kappa shape index (κ2) is 12.5. The fourth-order valence-electron chi connectivity index (χ4n) is 0.624. The van der Waals surface area contributed by atoms with Crippen molar-refractivity contribution in [3.05, 3.63) is 12.4 Å². The van der Waals surface area contributed by atoms with E-state index in [1.54, 1.807) is 6.07 Å². The summed E-state index contributed by atoms with van der Waals surface area (Å²) in [5.41, 5.74) is 5.27. The third-order valence-electron chi connectivity index (χ3n) is 1.13.